The van der Waals surface area contributed by atoms with Crippen molar-refractivity contribution >= 4 is 5.91 Å². The summed E-state index contributed by atoms with van der Waals surface area (Å²) in [6.07, 6.45) is -4.32. The van der Waals surface area contributed by atoms with Crippen molar-refractivity contribution < 1.29 is 18.0 Å². The summed E-state index contributed by atoms with van der Waals surface area (Å²) in [6, 6.07) is 1.57. The summed E-state index contributed by atoms with van der Waals surface area (Å²) < 4.78 is 40.0. The van der Waals surface area contributed by atoms with Crippen LogP contribution in [0.15, 0.2) is 6.07 Å². The fraction of sp³-hybridized carbons (Fsp3) is 0.533. The number of rotatable bonds is 2. The molecule has 2 aromatic heterocycles. The highest BCUT2D eigenvalue weighted by Gasteiger charge is 2.44. The molecule has 0 aliphatic carbocycles. The van der Waals surface area contributed by atoms with E-state index in [0.29, 0.717) is 5.69 Å². The van der Waals surface area contributed by atoms with Gasteiger partial charge in [0.1, 0.15) is 5.69 Å². The molecule has 1 aliphatic rings. The Kier molecular flexibility index (Phi) is 3.89. The molecule has 1 fully saturated rings. The lowest BCUT2D eigenvalue weighted by Crippen LogP contribution is -2.32. The van der Waals surface area contributed by atoms with Crippen molar-refractivity contribution in [2.24, 2.45) is 13.0 Å². The van der Waals surface area contributed by atoms with E-state index in [2.05, 4.69) is 15.3 Å². The highest BCUT2D eigenvalue weighted by Crippen LogP contribution is 2.34. The summed E-state index contributed by atoms with van der Waals surface area (Å²) in [5.41, 5.74) is 3.25. The van der Waals surface area contributed by atoms with Gasteiger partial charge in [0.05, 0.1) is 17.3 Å². The molecule has 130 valence electrons. The Morgan fingerprint density at radius 2 is 2.08 bits per heavy atom. The van der Waals surface area contributed by atoms with Gasteiger partial charge < -0.3 is 4.90 Å². The minimum atomic E-state index is -4.27. The molecule has 0 spiro atoms. The average Bonchev–Trinajstić information content (AvgIpc) is 3.19. The Morgan fingerprint density at radius 1 is 1.38 bits per heavy atom. The number of carbonyl (C=O) groups is 1. The summed E-state index contributed by atoms with van der Waals surface area (Å²) in [7, 11) is 1.81. The zero-order valence-corrected chi connectivity index (χ0v) is 13.6. The number of halogens is 3. The summed E-state index contributed by atoms with van der Waals surface area (Å²) in [4.78, 5) is 13.6. The molecule has 3 heterocycles. The molecule has 24 heavy (non-hydrogen) atoms. The van der Waals surface area contributed by atoms with Crippen molar-refractivity contribution in [3.8, 4) is 11.3 Å². The number of likely N-dealkylation sites (tertiary alicyclic amines) is 1. The number of alkyl halides is 3. The normalized spacial score (nSPS) is 18.4. The maximum absolute atomic E-state index is 12.7. The zero-order chi connectivity index (χ0) is 17.6. The second-order valence-corrected chi connectivity index (χ2v) is 6.11. The van der Waals surface area contributed by atoms with Crippen LogP contribution in [-0.4, -0.2) is 50.1 Å². The van der Waals surface area contributed by atoms with Crippen LogP contribution >= 0.6 is 0 Å². The van der Waals surface area contributed by atoms with Gasteiger partial charge in [-0.15, -0.1) is 0 Å². The van der Waals surface area contributed by atoms with Crippen molar-refractivity contribution in [1.29, 1.82) is 0 Å². The fourth-order valence-corrected chi connectivity index (χ4v) is 3.09. The van der Waals surface area contributed by atoms with Gasteiger partial charge in [0.25, 0.3) is 5.91 Å². The lowest BCUT2D eigenvalue weighted by Gasteiger charge is -2.17. The van der Waals surface area contributed by atoms with Gasteiger partial charge in [-0.05, 0) is 26.3 Å². The van der Waals surface area contributed by atoms with Gasteiger partial charge in [-0.1, -0.05) is 0 Å². The molecule has 1 atom stereocenters. The highest BCUT2D eigenvalue weighted by molar-refractivity contribution is 5.93. The fourth-order valence-electron chi connectivity index (χ4n) is 3.09. The summed E-state index contributed by atoms with van der Waals surface area (Å²) in [6.45, 7) is 3.52. The predicted octanol–water partition coefficient (Wildman–Crippen LogP) is 2.45. The van der Waals surface area contributed by atoms with Crippen molar-refractivity contribution in [2.45, 2.75) is 26.4 Å². The summed E-state index contributed by atoms with van der Waals surface area (Å²) in [5.74, 6) is -1.91. The zero-order valence-electron chi connectivity index (χ0n) is 13.6. The third-order valence-electron chi connectivity index (χ3n) is 4.51. The van der Waals surface area contributed by atoms with E-state index in [9.17, 15) is 18.0 Å². The van der Waals surface area contributed by atoms with E-state index in [4.69, 9.17) is 0 Å². The summed E-state index contributed by atoms with van der Waals surface area (Å²) >= 11 is 0. The molecule has 2 aromatic rings. The minimum absolute atomic E-state index is 0.0585. The topological polar surface area (TPSA) is 66.8 Å². The molecule has 1 amide bonds. The van der Waals surface area contributed by atoms with Gasteiger partial charge in [-0.2, -0.15) is 23.4 Å². The van der Waals surface area contributed by atoms with Gasteiger partial charge in [-0.25, -0.2) is 0 Å². The monoisotopic (exact) mass is 341 g/mol. The average molecular weight is 341 g/mol. The Balaban J connectivity index is 1.80. The number of carbonyl (C=O) groups excluding carboxylic acids is 1. The third-order valence-corrected chi connectivity index (χ3v) is 4.51. The largest absolute Gasteiger partial charge is 0.393 e. The van der Waals surface area contributed by atoms with E-state index in [1.54, 1.807) is 10.7 Å². The van der Waals surface area contributed by atoms with Gasteiger partial charge in [0.2, 0.25) is 0 Å². The number of H-pyrrole nitrogens is 1. The third kappa shape index (κ3) is 2.78. The van der Waals surface area contributed by atoms with E-state index in [0.717, 1.165) is 17.0 Å². The molecule has 0 aromatic carbocycles. The number of nitrogens with one attached hydrogen (secondary N) is 1. The smallest absolute Gasteiger partial charge is 0.337 e. The van der Waals surface area contributed by atoms with Gasteiger partial charge in [0, 0.05) is 31.4 Å². The SMILES string of the molecule is Cc1nn(C)c(C)c1-c1cc(C(=O)N2CCC(C(F)(F)F)C2)[nH]n1. The molecule has 1 saturated heterocycles. The molecule has 3 rings (SSSR count). The molecule has 9 heteroatoms. The number of hydrogen-bond donors (Lipinski definition) is 1. The van der Waals surface area contributed by atoms with Crippen LogP contribution in [0, 0.1) is 19.8 Å². The molecule has 6 nitrogen and oxygen atoms in total. The standard InChI is InChI=1S/C15H18F3N5O/c1-8-13(9(2)22(3)21-8)11-6-12(20-19-11)14(24)23-5-4-10(7-23)15(16,17)18/h6,10H,4-5,7H2,1-3H3,(H,19,20). The Hall–Kier alpha value is -2.32. The van der Waals surface area contributed by atoms with E-state index < -0.39 is 18.0 Å². The number of hydrogen-bond acceptors (Lipinski definition) is 3. The second kappa shape index (κ2) is 5.64. The van der Waals surface area contributed by atoms with E-state index in [1.807, 2.05) is 20.9 Å². The molecule has 1 N–H and O–H groups in total. The number of nitrogens with zero attached hydrogens (tertiary/aromatic N) is 4. The van der Waals surface area contributed by atoms with Crippen molar-refractivity contribution in [3.63, 3.8) is 0 Å². The number of aromatic amines is 1. The maximum atomic E-state index is 12.7. The van der Waals surface area contributed by atoms with Crippen molar-refractivity contribution in [2.75, 3.05) is 13.1 Å². The van der Waals surface area contributed by atoms with Crippen LogP contribution in [0.5, 0.6) is 0 Å². The first kappa shape index (κ1) is 16.5. The first-order chi connectivity index (χ1) is 11.2. The lowest BCUT2D eigenvalue weighted by atomic mass is 10.1. The lowest BCUT2D eigenvalue weighted by molar-refractivity contribution is -0.169. The van der Waals surface area contributed by atoms with Gasteiger partial charge in [-0.3, -0.25) is 14.6 Å². The van der Waals surface area contributed by atoms with Crippen LogP contribution in [0.4, 0.5) is 13.2 Å². The molecular weight excluding hydrogens is 323 g/mol. The first-order valence-electron chi connectivity index (χ1n) is 7.60. The molecular formula is C15H18F3N5O. The quantitative estimate of drug-likeness (QED) is 0.912. The van der Waals surface area contributed by atoms with Crippen LogP contribution in [-0.2, 0) is 7.05 Å². The van der Waals surface area contributed by atoms with E-state index in [1.165, 1.54) is 4.90 Å². The van der Waals surface area contributed by atoms with E-state index in [-0.39, 0.29) is 25.2 Å². The highest BCUT2D eigenvalue weighted by atomic mass is 19.4. The number of aromatic nitrogens is 4. The molecule has 1 aliphatic heterocycles. The van der Waals surface area contributed by atoms with Gasteiger partial charge >= 0.3 is 6.18 Å². The van der Waals surface area contributed by atoms with Crippen LogP contribution in [0.25, 0.3) is 11.3 Å². The maximum Gasteiger partial charge on any atom is 0.393 e. The summed E-state index contributed by atoms with van der Waals surface area (Å²) in [5, 5.41) is 11.1. The first-order valence-corrected chi connectivity index (χ1v) is 7.60. The predicted molar refractivity (Wildman–Crippen MR) is 80.3 cm³/mol. The molecule has 1 unspecified atom stereocenters. The van der Waals surface area contributed by atoms with E-state index >= 15 is 0 Å². The molecule has 0 bridgehead atoms. The second-order valence-electron chi connectivity index (χ2n) is 6.11. The molecule has 0 radical (unpaired) electrons. The molecule has 0 saturated carbocycles. The Bertz CT molecular complexity index is 777. The van der Waals surface area contributed by atoms with Crippen LogP contribution in [0.1, 0.15) is 28.3 Å². The van der Waals surface area contributed by atoms with Crippen molar-refractivity contribution in [3.05, 3.63) is 23.1 Å². The van der Waals surface area contributed by atoms with Gasteiger partial charge in [0.15, 0.2) is 0 Å². The van der Waals surface area contributed by atoms with Crippen LogP contribution < -0.4 is 0 Å². The Morgan fingerprint density at radius 3 is 2.62 bits per heavy atom. The van der Waals surface area contributed by atoms with Crippen LogP contribution in [0.3, 0.4) is 0 Å². The minimum Gasteiger partial charge on any atom is -0.337 e. The van der Waals surface area contributed by atoms with Crippen molar-refractivity contribution in [1.82, 2.24) is 24.9 Å². The Labute approximate surface area is 136 Å². The van der Waals surface area contributed by atoms with Crippen LogP contribution in [0.2, 0.25) is 0 Å². The number of aryl methyl sites for hydroxylation is 2. The number of amides is 1.